The van der Waals surface area contributed by atoms with Gasteiger partial charge in [0.05, 0.1) is 28.8 Å². The molecule has 6 nitrogen and oxygen atoms in total. The molecule has 0 aromatic heterocycles. The van der Waals surface area contributed by atoms with Gasteiger partial charge in [0.2, 0.25) is 10.0 Å². The maximum Gasteiger partial charge on any atom is 0.338 e. The summed E-state index contributed by atoms with van der Waals surface area (Å²) in [6.45, 7) is 0.596. The topological polar surface area (TPSA) is 72.9 Å². The summed E-state index contributed by atoms with van der Waals surface area (Å²) >= 11 is 11.7. The Bertz CT molecular complexity index is 993. The van der Waals surface area contributed by atoms with Gasteiger partial charge in [0.1, 0.15) is 17.3 Å². The molecule has 3 rings (SSSR count). The molecular weight excluding hydrogens is 432 g/mol. The molecule has 2 aromatic carbocycles. The molecule has 0 bridgehead atoms. The Kier molecular flexibility index (Phi) is 6.57. The highest BCUT2D eigenvalue weighted by molar-refractivity contribution is 7.89. The summed E-state index contributed by atoms with van der Waals surface area (Å²) in [4.78, 5) is 11.7. The number of ether oxygens (including phenoxy) is 2. The minimum atomic E-state index is -4.09. The van der Waals surface area contributed by atoms with Gasteiger partial charge in [-0.25, -0.2) is 17.6 Å². The number of carbonyl (C=O) groups is 1. The van der Waals surface area contributed by atoms with Crippen molar-refractivity contribution in [2.75, 3.05) is 26.3 Å². The summed E-state index contributed by atoms with van der Waals surface area (Å²) in [5, 5.41) is 0.684. The smallest absolute Gasteiger partial charge is 0.338 e. The van der Waals surface area contributed by atoms with Crippen LogP contribution in [0.3, 0.4) is 0 Å². The Hall–Kier alpha value is -1.71. The van der Waals surface area contributed by atoms with E-state index >= 15 is 0 Å². The summed E-state index contributed by atoms with van der Waals surface area (Å²) in [7, 11) is -4.09. The van der Waals surface area contributed by atoms with Crippen molar-refractivity contribution in [1.82, 2.24) is 4.31 Å². The fraction of sp³-hybridized carbons (Fsp3) is 0.278. The number of sulfonamides is 1. The number of halogens is 3. The minimum absolute atomic E-state index is 0.0757. The Balaban J connectivity index is 1.78. The molecule has 0 N–H and O–H groups in total. The summed E-state index contributed by atoms with van der Waals surface area (Å²) in [6, 6.07) is 7.85. The van der Waals surface area contributed by atoms with Gasteiger partial charge >= 0.3 is 5.97 Å². The highest BCUT2D eigenvalue weighted by Gasteiger charge is 2.30. The molecule has 2 aromatic rings. The molecule has 0 aliphatic carbocycles. The molecule has 1 saturated heterocycles. The van der Waals surface area contributed by atoms with Crippen LogP contribution in [0.25, 0.3) is 0 Å². The van der Waals surface area contributed by atoms with Crippen molar-refractivity contribution in [1.29, 1.82) is 0 Å². The van der Waals surface area contributed by atoms with E-state index in [1.54, 1.807) is 18.2 Å². The lowest BCUT2D eigenvalue weighted by molar-refractivity contribution is 0.0472. The average molecular weight is 448 g/mol. The first-order valence-electron chi connectivity index (χ1n) is 8.27. The maximum absolute atomic E-state index is 14.2. The van der Waals surface area contributed by atoms with E-state index in [9.17, 15) is 17.6 Å². The van der Waals surface area contributed by atoms with Gasteiger partial charge in [0.15, 0.2) is 0 Å². The zero-order valence-electron chi connectivity index (χ0n) is 14.5. The van der Waals surface area contributed by atoms with Gasteiger partial charge in [0, 0.05) is 13.1 Å². The van der Waals surface area contributed by atoms with E-state index in [1.165, 1.54) is 6.07 Å². The Morgan fingerprint density at radius 2 is 1.82 bits per heavy atom. The van der Waals surface area contributed by atoms with Gasteiger partial charge in [-0.2, -0.15) is 4.31 Å². The molecule has 1 aliphatic heterocycles. The van der Waals surface area contributed by atoms with E-state index < -0.39 is 26.7 Å². The average Bonchev–Trinajstić information content (AvgIpc) is 2.69. The van der Waals surface area contributed by atoms with Crippen molar-refractivity contribution in [2.24, 2.45) is 0 Å². The molecule has 0 atom stereocenters. The fourth-order valence-corrected chi connectivity index (χ4v) is 4.43. The van der Waals surface area contributed by atoms with E-state index in [0.29, 0.717) is 15.6 Å². The van der Waals surface area contributed by atoms with Crippen LogP contribution in [-0.4, -0.2) is 45.0 Å². The van der Waals surface area contributed by atoms with E-state index in [1.807, 2.05) is 0 Å². The van der Waals surface area contributed by atoms with Gasteiger partial charge in [-0.3, -0.25) is 0 Å². The van der Waals surface area contributed by atoms with Crippen LogP contribution < -0.4 is 0 Å². The number of hydrogen-bond acceptors (Lipinski definition) is 5. The summed E-state index contributed by atoms with van der Waals surface area (Å²) in [5.74, 6) is -1.72. The number of hydrogen-bond donors (Lipinski definition) is 0. The lowest BCUT2D eigenvalue weighted by Gasteiger charge is -2.26. The molecule has 10 heteroatoms. The third-order valence-electron chi connectivity index (χ3n) is 4.11. The van der Waals surface area contributed by atoms with Crippen molar-refractivity contribution in [3.8, 4) is 0 Å². The lowest BCUT2D eigenvalue weighted by atomic mass is 10.2. The summed E-state index contributed by atoms with van der Waals surface area (Å²) in [5.41, 5.74) is 0.527. The van der Waals surface area contributed by atoms with Crippen LogP contribution in [-0.2, 0) is 26.1 Å². The standard InChI is InChI=1S/C18H16Cl2FNO5S/c19-14-3-1-12(9-15(14)20)11-27-18(23)13-2-4-16(21)17(10-13)28(24,25)22-5-7-26-8-6-22/h1-4,9-10H,5-8,11H2. The normalized spacial score (nSPS) is 15.4. The van der Waals surface area contributed by atoms with Gasteiger partial charge in [-0.05, 0) is 35.9 Å². The third-order valence-corrected chi connectivity index (χ3v) is 6.76. The van der Waals surface area contributed by atoms with E-state index in [2.05, 4.69) is 0 Å². The first kappa shape index (κ1) is 21.0. The van der Waals surface area contributed by atoms with Crippen LogP contribution in [0, 0.1) is 5.82 Å². The Labute approximate surface area is 171 Å². The fourth-order valence-electron chi connectivity index (χ4n) is 2.62. The van der Waals surface area contributed by atoms with Crippen molar-refractivity contribution >= 4 is 39.2 Å². The molecule has 1 heterocycles. The van der Waals surface area contributed by atoms with Gasteiger partial charge < -0.3 is 9.47 Å². The van der Waals surface area contributed by atoms with Gasteiger partial charge in [0.25, 0.3) is 0 Å². The highest BCUT2D eigenvalue weighted by Crippen LogP contribution is 2.24. The van der Waals surface area contributed by atoms with Crippen molar-refractivity contribution in [3.05, 3.63) is 63.4 Å². The molecular formula is C18H16Cl2FNO5S. The van der Waals surface area contributed by atoms with Crippen molar-refractivity contribution < 1.29 is 27.1 Å². The SMILES string of the molecule is O=C(OCc1ccc(Cl)c(Cl)c1)c1ccc(F)c(S(=O)(=O)N2CCOCC2)c1. The van der Waals surface area contributed by atoms with Crippen molar-refractivity contribution in [3.63, 3.8) is 0 Å². The van der Waals surface area contributed by atoms with E-state index in [4.69, 9.17) is 32.7 Å². The van der Waals surface area contributed by atoms with Crippen LogP contribution in [0.2, 0.25) is 10.0 Å². The predicted octanol–water partition coefficient (Wildman–Crippen LogP) is 3.51. The Morgan fingerprint density at radius 1 is 1.11 bits per heavy atom. The number of carbonyl (C=O) groups excluding carboxylic acids is 1. The van der Waals surface area contributed by atoms with Crippen LogP contribution in [0.15, 0.2) is 41.3 Å². The number of benzene rings is 2. The molecule has 0 unspecified atom stereocenters. The Morgan fingerprint density at radius 3 is 2.50 bits per heavy atom. The van der Waals surface area contributed by atoms with E-state index in [-0.39, 0.29) is 38.5 Å². The second-order valence-electron chi connectivity index (χ2n) is 5.99. The molecule has 0 amide bonds. The van der Waals surface area contributed by atoms with Gasteiger partial charge in [-0.1, -0.05) is 29.3 Å². The maximum atomic E-state index is 14.2. The molecule has 28 heavy (non-hydrogen) atoms. The first-order chi connectivity index (χ1) is 13.3. The second-order valence-corrected chi connectivity index (χ2v) is 8.71. The number of nitrogens with zero attached hydrogens (tertiary/aromatic N) is 1. The van der Waals surface area contributed by atoms with Crippen LogP contribution in [0.1, 0.15) is 15.9 Å². The predicted molar refractivity (Wildman–Crippen MR) is 102 cm³/mol. The monoisotopic (exact) mass is 447 g/mol. The molecule has 1 aliphatic rings. The number of rotatable bonds is 5. The zero-order valence-corrected chi connectivity index (χ0v) is 16.9. The minimum Gasteiger partial charge on any atom is -0.457 e. The summed E-state index contributed by atoms with van der Waals surface area (Å²) in [6.07, 6.45) is 0. The van der Waals surface area contributed by atoms with Crippen LogP contribution in [0.5, 0.6) is 0 Å². The van der Waals surface area contributed by atoms with Crippen LogP contribution >= 0.6 is 23.2 Å². The number of morpholine rings is 1. The highest BCUT2D eigenvalue weighted by atomic mass is 35.5. The van der Waals surface area contributed by atoms with Crippen molar-refractivity contribution in [2.45, 2.75) is 11.5 Å². The number of esters is 1. The van der Waals surface area contributed by atoms with E-state index in [0.717, 1.165) is 16.4 Å². The van der Waals surface area contributed by atoms with Crippen LogP contribution in [0.4, 0.5) is 4.39 Å². The summed E-state index contributed by atoms with van der Waals surface area (Å²) < 4.78 is 51.0. The second kappa shape index (κ2) is 8.75. The quantitative estimate of drug-likeness (QED) is 0.655. The molecule has 0 spiro atoms. The zero-order chi connectivity index (χ0) is 20.3. The molecule has 150 valence electrons. The molecule has 0 radical (unpaired) electrons. The largest absolute Gasteiger partial charge is 0.457 e. The third kappa shape index (κ3) is 4.64. The first-order valence-corrected chi connectivity index (χ1v) is 10.5. The van der Waals surface area contributed by atoms with Gasteiger partial charge in [-0.15, -0.1) is 0 Å². The lowest BCUT2D eigenvalue weighted by Crippen LogP contribution is -2.41. The molecule has 1 fully saturated rings. The molecule has 0 saturated carbocycles.